The molecular weight excluding hydrogens is 344 g/mol. The molecule has 0 aliphatic carbocycles. The van der Waals surface area contributed by atoms with Gasteiger partial charge in [-0.05, 0) is 42.2 Å². The van der Waals surface area contributed by atoms with Crippen LogP contribution < -0.4 is 10.6 Å². The van der Waals surface area contributed by atoms with E-state index in [4.69, 9.17) is 5.73 Å². The molecule has 0 radical (unpaired) electrons. The molecule has 0 fully saturated rings. The first-order valence-corrected chi connectivity index (χ1v) is 7.98. The van der Waals surface area contributed by atoms with Crippen molar-refractivity contribution in [1.82, 2.24) is 0 Å². The standard InChI is InChI=1S/C17H17BrN2O2/c18-14-10-13(21)6-5-12(14)9-15(19)17(22)20-8-7-11-3-1-2-4-16(11)20/h1-6,10,15,21H,7-9,19H2/t15-/m1/s1. The van der Waals surface area contributed by atoms with E-state index in [1.54, 1.807) is 23.1 Å². The zero-order chi connectivity index (χ0) is 15.7. The Kier molecular flexibility index (Phi) is 4.18. The van der Waals surface area contributed by atoms with E-state index in [0.717, 1.165) is 22.1 Å². The first-order chi connectivity index (χ1) is 10.6. The summed E-state index contributed by atoms with van der Waals surface area (Å²) in [6, 6.07) is 12.3. The van der Waals surface area contributed by atoms with Gasteiger partial charge in [0, 0.05) is 16.7 Å². The van der Waals surface area contributed by atoms with Gasteiger partial charge in [0.05, 0.1) is 6.04 Å². The van der Waals surface area contributed by atoms with Gasteiger partial charge in [0.15, 0.2) is 0 Å². The van der Waals surface area contributed by atoms with Gasteiger partial charge in [0.25, 0.3) is 0 Å². The molecule has 1 aliphatic heterocycles. The minimum absolute atomic E-state index is 0.0649. The van der Waals surface area contributed by atoms with E-state index in [1.165, 1.54) is 5.56 Å². The van der Waals surface area contributed by atoms with Crippen molar-refractivity contribution in [3.05, 3.63) is 58.1 Å². The Morgan fingerprint density at radius 3 is 2.86 bits per heavy atom. The number of halogens is 1. The normalized spacial score (nSPS) is 14.7. The number of anilines is 1. The molecule has 2 aromatic rings. The van der Waals surface area contributed by atoms with Crippen LogP contribution in [0.4, 0.5) is 5.69 Å². The zero-order valence-electron chi connectivity index (χ0n) is 12.0. The maximum absolute atomic E-state index is 12.6. The maximum Gasteiger partial charge on any atom is 0.244 e. The predicted molar refractivity (Wildman–Crippen MR) is 90.0 cm³/mol. The number of fused-ring (bicyclic) bond motifs is 1. The van der Waals surface area contributed by atoms with Crippen LogP contribution in [0.25, 0.3) is 0 Å². The molecule has 1 amide bonds. The molecule has 1 heterocycles. The number of amides is 1. The smallest absolute Gasteiger partial charge is 0.244 e. The number of hydrogen-bond donors (Lipinski definition) is 2. The van der Waals surface area contributed by atoms with Gasteiger partial charge < -0.3 is 15.7 Å². The van der Waals surface area contributed by atoms with E-state index in [9.17, 15) is 9.90 Å². The van der Waals surface area contributed by atoms with Crippen molar-refractivity contribution >= 4 is 27.5 Å². The number of benzene rings is 2. The summed E-state index contributed by atoms with van der Waals surface area (Å²) in [5, 5.41) is 9.43. The van der Waals surface area contributed by atoms with Gasteiger partial charge in [-0.3, -0.25) is 4.79 Å². The molecule has 1 aliphatic rings. The van der Waals surface area contributed by atoms with Crippen molar-refractivity contribution in [2.45, 2.75) is 18.9 Å². The number of aromatic hydroxyl groups is 1. The van der Waals surface area contributed by atoms with Crippen molar-refractivity contribution in [3.63, 3.8) is 0 Å². The van der Waals surface area contributed by atoms with E-state index < -0.39 is 6.04 Å². The quantitative estimate of drug-likeness (QED) is 0.883. The Bertz CT molecular complexity index is 718. The fourth-order valence-electron chi connectivity index (χ4n) is 2.79. The molecule has 0 bridgehead atoms. The van der Waals surface area contributed by atoms with Crippen molar-refractivity contribution in [2.24, 2.45) is 5.73 Å². The number of para-hydroxylation sites is 1. The molecule has 114 valence electrons. The van der Waals surface area contributed by atoms with Crippen LogP contribution in [-0.2, 0) is 17.6 Å². The monoisotopic (exact) mass is 360 g/mol. The molecule has 0 unspecified atom stereocenters. The van der Waals surface area contributed by atoms with Crippen molar-refractivity contribution in [2.75, 3.05) is 11.4 Å². The average molecular weight is 361 g/mol. The van der Waals surface area contributed by atoms with E-state index in [-0.39, 0.29) is 11.7 Å². The highest BCUT2D eigenvalue weighted by Crippen LogP contribution is 2.29. The fourth-order valence-corrected chi connectivity index (χ4v) is 3.32. The molecule has 0 spiro atoms. The van der Waals surface area contributed by atoms with Gasteiger partial charge in [0.2, 0.25) is 5.91 Å². The highest BCUT2D eigenvalue weighted by molar-refractivity contribution is 9.10. The number of phenols is 1. The van der Waals surface area contributed by atoms with Crippen LogP contribution in [0, 0.1) is 0 Å². The third-order valence-corrected chi connectivity index (χ3v) is 4.69. The Labute approximate surface area is 137 Å². The van der Waals surface area contributed by atoms with Gasteiger partial charge in [-0.25, -0.2) is 0 Å². The topological polar surface area (TPSA) is 66.6 Å². The van der Waals surface area contributed by atoms with Crippen LogP contribution >= 0.6 is 15.9 Å². The predicted octanol–water partition coefficient (Wildman–Crippen LogP) is 2.61. The molecule has 3 N–H and O–H groups in total. The largest absolute Gasteiger partial charge is 0.508 e. The van der Waals surface area contributed by atoms with Crippen LogP contribution in [-0.4, -0.2) is 23.6 Å². The third-order valence-electron chi connectivity index (χ3n) is 3.95. The number of phenolic OH excluding ortho intramolecular Hbond substituents is 1. The van der Waals surface area contributed by atoms with Gasteiger partial charge >= 0.3 is 0 Å². The molecule has 1 atom stereocenters. The van der Waals surface area contributed by atoms with E-state index in [0.29, 0.717) is 13.0 Å². The minimum Gasteiger partial charge on any atom is -0.508 e. The summed E-state index contributed by atoms with van der Waals surface area (Å²) in [4.78, 5) is 14.4. The summed E-state index contributed by atoms with van der Waals surface area (Å²) in [6.45, 7) is 0.683. The third kappa shape index (κ3) is 2.87. The van der Waals surface area contributed by atoms with Crippen LogP contribution in [0.3, 0.4) is 0 Å². The van der Waals surface area contributed by atoms with E-state index in [1.807, 2.05) is 24.3 Å². The van der Waals surface area contributed by atoms with Crippen molar-refractivity contribution in [3.8, 4) is 5.75 Å². The molecule has 0 aromatic heterocycles. The number of rotatable bonds is 3. The second-order valence-corrected chi connectivity index (χ2v) is 6.31. The summed E-state index contributed by atoms with van der Waals surface area (Å²) >= 11 is 3.39. The minimum atomic E-state index is -0.605. The molecule has 0 saturated heterocycles. The SMILES string of the molecule is N[C@H](Cc1ccc(O)cc1Br)C(=O)N1CCc2ccccc21. The number of nitrogens with two attached hydrogens (primary N) is 1. The van der Waals surface area contributed by atoms with E-state index >= 15 is 0 Å². The summed E-state index contributed by atoms with van der Waals surface area (Å²) in [5.74, 6) is 0.119. The summed E-state index contributed by atoms with van der Waals surface area (Å²) in [7, 11) is 0. The van der Waals surface area contributed by atoms with Crippen molar-refractivity contribution < 1.29 is 9.90 Å². The molecule has 22 heavy (non-hydrogen) atoms. The number of hydrogen-bond acceptors (Lipinski definition) is 3. The highest BCUT2D eigenvalue weighted by Gasteiger charge is 2.28. The lowest BCUT2D eigenvalue weighted by atomic mass is 10.1. The number of carbonyl (C=O) groups is 1. The van der Waals surface area contributed by atoms with E-state index in [2.05, 4.69) is 15.9 Å². The lowest BCUT2D eigenvalue weighted by molar-refractivity contribution is -0.119. The van der Waals surface area contributed by atoms with Gasteiger partial charge in [-0.2, -0.15) is 0 Å². The fraction of sp³-hybridized carbons (Fsp3) is 0.235. The van der Waals surface area contributed by atoms with Gasteiger partial charge in [-0.15, -0.1) is 0 Å². The second kappa shape index (κ2) is 6.10. The molecule has 2 aromatic carbocycles. The Morgan fingerprint density at radius 1 is 1.32 bits per heavy atom. The first kappa shape index (κ1) is 15.1. The summed E-state index contributed by atoms with van der Waals surface area (Å²) in [5.41, 5.74) is 9.18. The van der Waals surface area contributed by atoms with Crippen LogP contribution in [0.15, 0.2) is 46.9 Å². The Balaban J connectivity index is 1.76. The Morgan fingerprint density at radius 2 is 2.09 bits per heavy atom. The second-order valence-electron chi connectivity index (χ2n) is 5.45. The molecule has 0 saturated carbocycles. The van der Waals surface area contributed by atoms with Gasteiger partial charge in [0.1, 0.15) is 5.75 Å². The molecule has 3 rings (SSSR count). The number of carbonyl (C=O) groups excluding carboxylic acids is 1. The molecule has 5 heteroatoms. The van der Waals surface area contributed by atoms with Crippen LogP contribution in [0.5, 0.6) is 5.75 Å². The van der Waals surface area contributed by atoms with Crippen molar-refractivity contribution in [1.29, 1.82) is 0 Å². The van der Waals surface area contributed by atoms with Gasteiger partial charge in [-0.1, -0.05) is 40.2 Å². The molecular formula is C17H17BrN2O2. The summed E-state index contributed by atoms with van der Waals surface area (Å²) < 4.78 is 0.762. The number of nitrogens with zero attached hydrogens (tertiary/aromatic N) is 1. The lowest BCUT2D eigenvalue weighted by Gasteiger charge is -2.22. The molecule has 4 nitrogen and oxygen atoms in total. The average Bonchev–Trinajstić information content (AvgIpc) is 2.93. The zero-order valence-corrected chi connectivity index (χ0v) is 13.6. The Hall–Kier alpha value is -1.85. The van der Waals surface area contributed by atoms with Crippen LogP contribution in [0.2, 0.25) is 0 Å². The lowest BCUT2D eigenvalue weighted by Crippen LogP contribution is -2.44. The summed E-state index contributed by atoms with van der Waals surface area (Å²) in [6.07, 6.45) is 1.30. The maximum atomic E-state index is 12.6. The first-order valence-electron chi connectivity index (χ1n) is 7.18. The van der Waals surface area contributed by atoms with Crippen LogP contribution in [0.1, 0.15) is 11.1 Å². The highest BCUT2D eigenvalue weighted by atomic mass is 79.9.